The van der Waals surface area contributed by atoms with Crippen molar-refractivity contribution >= 4 is 11.8 Å². The van der Waals surface area contributed by atoms with Crippen molar-refractivity contribution < 1.29 is 19.1 Å². The third kappa shape index (κ3) is 5.81. The Morgan fingerprint density at radius 2 is 1.69 bits per heavy atom. The van der Waals surface area contributed by atoms with E-state index in [1.165, 1.54) is 0 Å². The standard InChI is InChI=1S/C20H24N2O4/c1-4-17(26-18-8-6-5-7-15(18)3)20(24)22-21-19(23)13-25-16-11-9-14(2)10-12-16/h5-12,17H,4,13H2,1-3H3,(H,21,23)(H,22,24). The number of carbonyl (C=O) groups is 2. The largest absolute Gasteiger partial charge is 0.484 e. The molecule has 2 N–H and O–H groups in total. The molecule has 0 aliphatic carbocycles. The number of aryl methyl sites for hydroxylation is 2. The highest BCUT2D eigenvalue weighted by atomic mass is 16.5. The molecule has 2 amide bonds. The van der Waals surface area contributed by atoms with Crippen LogP contribution < -0.4 is 20.3 Å². The number of hydrogen-bond acceptors (Lipinski definition) is 4. The lowest BCUT2D eigenvalue weighted by Crippen LogP contribution is -2.49. The van der Waals surface area contributed by atoms with Crippen LogP contribution in [0.15, 0.2) is 48.5 Å². The maximum Gasteiger partial charge on any atom is 0.279 e. The first-order valence-corrected chi connectivity index (χ1v) is 8.50. The van der Waals surface area contributed by atoms with Crippen molar-refractivity contribution in [2.45, 2.75) is 33.3 Å². The summed E-state index contributed by atoms with van der Waals surface area (Å²) >= 11 is 0. The van der Waals surface area contributed by atoms with Crippen LogP contribution in [0.1, 0.15) is 24.5 Å². The zero-order valence-corrected chi connectivity index (χ0v) is 15.2. The van der Waals surface area contributed by atoms with E-state index in [0.717, 1.165) is 11.1 Å². The van der Waals surface area contributed by atoms with Crippen LogP contribution in [0.25, 0.3) is 0 Å². The summed E-state index contributed by atoms with van der Waals surface area (Å²) in [5, 5.41) is 0. The van der Waals surface area contributed by atoms with Gasteiger partial charge in [-0.1, -0.05) is 42.8 Å². The summed E-state index contributed by atoms with van der Waals surface area (Å²) < 4.78 is 11.1. The van der Waals surface area contributed by atoms with Crippen LogP contribution in [0.5, 0.6) is 11.5 Å². The van der Waals surface area contributed by atoms with Gasteiger partial charge in [-0.3, -0.25) is 20.4 Å². The van der Waals surface area contributed by atoms with Gasteiger partial charge in [0, 0.05) is 0 Å². The number of rotatable bonds is 7. The number of carbonyl (C=O) groups excluding carboxylic acids is 2. The Kier molecular flexibility index (Phi) is 7.02. The molecular formula is C20H24N2O4. The van der Waals surface area contributed by atoms with Crippen molar-refractivity contribution in [1.29, 1.82) is 0 Å². The molecule has 0 heterocycles. The molecule has 0 bridgehead atoms. The minimum atomic E-state index is -0.700. The minimum Gasteiger partial charge on any atom is -0.484 e. The van der Waals surface area contributed by atoms with Crippen LogP contribution in [0.3, 0.4) is 0 Å². The molecule has 0 radical (unpaired) electrons. The molecule has 0 aliphatic rings. The molecule has 0 aromatic heterocycles. The quantitative estimate of drug-likeness (QED) is 0.748. The molecule has 1 unspecified atom stereocenters. The highest BCUT2D eigenvalue weighted by Crippen LogP contribution is 2.18. The Morgan fingerprint density at radius 3 is 2.35 bits per heavy atom. The predicted octanol–water partition coefficient (Wildman–Crippen LogP) is 2.69. The number of amides is 2. The molecular weight excluding hydrogens is 332 g/mol. The Hall–Kier alpha value is -3.02. The molecule has 1 atom stereocenters. The van der Waals surface area contributed by atoms with Crippen LogP contribution in [-0.2, 0) is 9.59 Å². The fraction of sp³-hybridized carbons (Fsp3) is 0.300. The van der Waals surface area contributed by atoms with Crippen molar-refractivity contribution in [3.8, 4) is 11.5 Å². The van der Waals surface area contributed by atoms with E-state index in [-0.39, 0.29) is 6.61 Å². The lowest BCUT2D eigenvalue weighted by atomic mass is 10.2. The predicted molar refractivity (Wildman–Crippen MR) is 98.8 cm³/mol. The van der Waals surface area contributed by atoms with Crippen LogP contribution in [0, 0.1) is 13.8 Å². The fourth-order valence-corrected chi connectivity index (χ4v) is 2.20. The van der Waals surface area contributed by atoms with Crippen LogP contribution in [0.4, 0.5) is 0 Å². The third-order valence-electron chi connectivity index (χ3n) is 3.74. The van der Waals surface area contributed by atoms with Gasteiger partial charge < -0.3 is 9.47 Å². The van der Waals surface area contributed by atoms with E-state index in [1.807, 2.05) is 51.1 Å². The second-order valence-corrected chi connectivity index (χ2v) is 5.92. The zero-order chi connectivity index (χ0) is 18.9. The lowest BCUT2D eigenvalue weighted by Gasteiger charge is -2.18. The number of ether oxygens (including phenoxy) is 2. The SMILES string of the molecule is CCC(Oc1ccccc1C)C(=O)NNC(=O)COc1ccc(C)cc1. The summed E-state index contributed by atoms with van der Waals surface area (Å²) in [5.41, 5.74) is 6.75. The van der Waals surface area contributed by atoms with Gasteiger partial charge in [-0.05, 0) is 44.0 Å². The van der Waals surface area contributed by atoms with Crippen molar-refractivity contribution in [3.63, 3.8) is 0 Å². The monoisotopic (exact) mass is 356 g/mol. The minimum absolute atomic E-state index is 0.196. The van der Waals surface area contributed by atoms with E-state index in [4.69, 9.17) is 9.47 Å². The molecule has 6 heteroatoms. The summed E-state index contributed by atoms with van der Waals surface area (Å²) in [4.78, 5) is 24.0. The summed E-state index contributed by atoms with van der Waals surface area (Å²) in [5.74, 6) is 0.360. The molecule has 0 saturated carbocycles. The molecule has 0 saturated heterocycles. The Balaban J connectivity index is 1.79. The average Bonchev–Trinajstić information content (AvgIpc) is 2.65. The highest BCUT2D eigenvalue weighted by Gasteiger charge is 2.19. The van der Waals surface area contributed by atoms with Gasteiger partial charge in [-0.2, -0.15) is 0 Å². The van der Waals surface area contributed by atoms with E-state index in [9.17, 15) is 9.59 Å². The van der Waals surface area contributed by atoms with Crippen molar-refractivity contribution in [1.82, 2.24) is 10.9 Å². The molecule has 0 spiro atoms. The number of nitrogens with one attached hydrogen (secondary N) is 2. The molecule has 2 aromatic rings. The second kappa shape index (κ2) is 9.46. The van der Waals surface area contributed by atoms with Gasteiger partial charge in [-0.15, -0.1) is 0 Å². The maximum atomic E-state index is 12.2. The highest BCUT2D eigenvalue weighted by molar-refractivity contribution is 5.85. The Morgan fingerprint density at radius 1 is 1.00 bits per heavy atom. The first kappa shape index (κ1) is 19.3. The molecule has 0 fully saturated rings. The van der Waals surface area contributed by atoms with Crippen molar-refractivity contribution in [2.24, 2.45) is 0 Å². The maximum absolute atomic E-state index is 12.2. The fourth-order valence-electron chi connectivity index (χ4n) is 2.20. The van der Waals surface area contributed by atoms with E-state index in [0.29, 0.717) is 17.9 Å². The number of hydrogen-bond donors (Lipinski definition) is 2. The smallest absolute Gasteiger partial charge is 0.279 e. The van der Waals surface area contributed by atoms with Crippen LogP contribution >= 0.6 is 0 Å². The van der Waals surface area contributed by atoms with E-state index in [2.05, 4.69) is 10.9 Å². The van der Waals surface area contributed by atoms with Gasteiger partial charge in [-0.25, -0.2) is 0 Å². The first-order chi connectivity index (χ1) is 12.5. The van der Waals surface area contributed by atoms with Gasteiger partial charge in [0.15, 0.2) is 12.7 Å². The van der Waals surface area contributed by atoms with E-state index < -0.39 is 17.9 Å². The van der Waals surface area contributed by atoms with Gasteiger partial charge in [0.1, 0.15) is 11.5 Å². The van der Waals surface area contributed by atoms with Crippen LogP contribution in [0.2, 0.25) is 0 Å². The normalized spacial score (nSPS) is 11.3. The van der Waals surface area contributed by atoms with Crippen LogP contribution in [-0.4, -0.2) is 24.5 Å². The third-order valence-corrected chi connectivity index (χ3v) is 3.74. The summed E-state index contributed by atoms with van der Waals surface area (Å²) in [6, 6.07) is 14.8. The molecule has 0 aliphatic heterocycles. The lowest BCUT2D eigenvalue weighted by molar-refractivity contribution is -0.134. The number of hydrazine groups is 1. The number of benzene rings is 2. The first-order valence-electron chi connectivity index (χ1n) is 8.50. The van der Waals surface area contributed by atoms with Gasteiger partial charge >= 0.3 is 0 Å². The number of para-hydroxylation sites is 1. The topological polar surface area (TPSA) is 76.7 Å². The van der Waals surface area contributed by atoms with E-state index >= 15 is 0 Å². The second-order valence-electron chi connectivity index (χ2n) is 5.92. The summed E-state index contributed by atoms with van der Waals surface area (Å²) in [6.07, 6.45) is -0.231. The molecule has 2 aromatic carbocycles. The average molecular weight is 356 g/mol. The van der Waals surface area contributed by atoms with Crippen molar-refractivity contribution in [3.05, 3.63) is 59.7 Å². The Labute approximate surface area is 153 Å². The van der Waals surface area contributed by atoms with Gasteiger partial charge in [0.2, 0.25) is 0 Å². The molecule has 26 heavy (non-hydrogen) atoms. The Bertz CT molecular complexity index is 744. The molecule has 2 rings (SSSR count). The molecule has 138 valence electrons. The van der Waals surface area contributed by atoms with Gasteiger partial charge in [0.05, 0.1) is 0 Å². The van der Waals surface area contributed by atoms with E-state index in [1.54, 1.807) is 18.2 Å². The summed E-state index contributed by atoms with van der Waals surface area (Å²) in [7, 11) is 0. The van der Waals surface area contributed by atoms with Gasteiger partial charge in [0.25, 0.3) is 11.8 Å². The molecule has 6 nitrogen and oxygen atoms in total. The zero-order valence-electron chi connectivity index (χ0n) is 15.2. The summed E-state index contributed by atoms with van der Waals surface area (Å²) in [6.45, 7) is 5.52. The van der Waals surface area contributed by atoms with Crippen molar-refractivity contribution in [2.75, 3.05) is 6.61 Å².